The number of para-hydroxylation sites is 1. The highest BCUT2D eigenvalue weighted by molar-refractivity contribution is 5.95. The summed E-state index contributed by atoms with van der Waals surface area (Å²) in [4.78, 5) is 13.6. The van der Waals surface area contributed by atoms with Crippen LogP contribution in [-0.2, 0) is 7.05 Å². The van der Waals surface area contributed by atoms with E-state index >= 15 is 0 Å². The number of rotatable bonds is 3. The molecule has 0 aliphatic heterocycles. The molecule has 0 N–H and O–H groups in total. The molecule has 0 fully saturated rings. The molecule has 4 heteroatoms. The number of nitrogens with zero attached hydrogens (tertiary/aromatic N) is 3. The molecular formula is C25H21N3O. The van der Waals surface area contributed by atoms with Crippen LogP contribution in [0.4, 0.5) is 0 Å². The van der Waals surface area contributed by atoms with Crippen molar-refractivity contribution in [1.29, 1.82) is 0 Å². The highest BCUT2D eigenvalue weighted by atomic mass is 16.1. The molecule has 0 saturated heterocycles. The Morgan fingerprint density at radius 2 is 1.34 bits per heavy atom. The van der Waals surface area contributed by atoms with Gasteiger partial charge in [-0.25, -0.2) is 4.68 Å². The number of hydrogen-bond donors (Lipinski definition) is 0. The summed E-state index contributed by atoms with van der Waals surface area (Å²) < 4.78 is 5.79. The Balaban J connectivity index is 1.87. The first kappa shape index (κ1) is 17.3. The summed E-state index contributed by atoms with van der Waals surface area (Å²) in [6.45, 7) is 2.08. The summed E-state index contributed by atoms with van der Waals surface area (Å²) in [7, 11) is 1.94. The lowest BCUT2D eigenvalue weighted by Gasteiger charge is -2.11. The third-order valence-electron chi connectivity index (χ3n) is 5.40. The quantitative estimate of drug-likeness (QED) is 0.429. The Morgan fingerprint density at radius 1 is 0.724 bits per heavy atom. The van der Waals surface area contributed by atoms with Crippen molar-refractivity contribution >= 4 is 10.9 Å². The predicted octanol–water partition coefficient (Wildman–Crippen LogP) is 5.10. The van der Waals surface area contributed by atoms with Crippen LogP contribution in [-0.4, -0.2) is 13.9 Å². The van der Waals surface area contributed by atoms with Gasteiger partial charge in [0.2, 0.25) is 0 Å². The van der Waals surface area contributed by atoms with Gasteiger partial charge in [0.15, 0.2) is 0 Å². The second-order valence-corrected chi connectivity index (χ2v) is 7.29. The maximum absolute atomic E-state index is 13.6. The van der Waals surface area contributed by atoms with Crippen LogP contribution in [0.2, 0.25) is 0 Å². The van der Waals surface area contributed by atoms with Gasteiger partial charge >= 0.3 is 0 Å². The maximum atomic E-state index is 13.6. The second kappa shape index (κ2) is 6.67. The van der Waals surface area contributed by atoms with E-state index in [1.807, 2.05) is 60.3 Å². The van der Waals surface area contributed by atoms with Crippen molar-refractivity contribution in [3.05, 3.63) is 107 Å². The van der Waals surface area contributed by atoms with E-state index in [-0.39, 0.29) is 5.56 Å². The molecule has 0 radical (unpaired) electrons. The minimum atomic E-state index is -0.0154. The van der Waals surface area contributed by atoms with Gasteiger partial charge in [-0.15, -0.1) is 0 Å². The van der Waals surface area contributed by atoms with Gasteiger partial charge in [0, 0.05) is 18.9 Å². The van der Waals surface area contributed by atoms with Gasteiger partial charge in [-0.2, -0.15) is 0 Å². The summed E-state index contributed by atoms with van der Waals surface area (Å²) in [6.07, 6.45) is 2.06. The number of aryl methyl sites for hydroxylation is 2. The first-order valence-electron chi connectivity index (χ1n) is 9.66. The molecule has 0 saturated carbocycles. The van der Waals surface area contributed by atoms with Crippen molar-refractivity contribution in [1.82, 2.24) is 13.9 Å². The van der Waals surface area contributed by atoms with Crippen LogP contribution in [0, 0.1) is 6.92 Å². The number of fused-ring (bicyclic) bond motifs is 1. The highest BCUT2D eigenvalue weighted by Crippen LogP contribution is 2.32. The SMILES string of the molecule is Cc1ccc(-n2cc3c(c2-c2ccccc2)c(=O)n(-c2ccccc2)n3C)cc1. The molecule has 0 unspecified atom stereocenters. The molecule has 0 bridgehead atoms. The maximum Gasteiger partial charge on any atom is 0.281 e. The van der Waals surface area contributed by atoms with Crippen molar-refractivity contribution < 1.29 is 0 Å². The van der Waals surface area contributed by atoms with Crippen LogP contribution in [0.15, 0.2) is 95.9 Å². The Kier molecular flexibility index (Phi) is 3.98. The Bertz CT molecular complexity index is 1360. The third kappa shape index (κ3) is 2.72. The Morgan fingerprint density at radius 3 is 2.00 bits per heavy atom. The molecule has 0 aliphatic rings. The monoisotopic (exact) mass is 379 g/mol. The molecule has 0 atom stereocenters. The van der Waals surface area contributed by atoms with Crippen LogP contribution < -0.4 is 5.56 Å². The minimum Gasteiger partial charge on any atom is -0.314 e. The normalized spacial score (nSPS) is 11.2. The Hall–Kier alpha value is -3.79. The largest absolute Gasteiger partial charge is 0.314 e. The van der Waals surface area contributed by atoms with Crippen molar-refractivity contribution in [3.63, 3.8) is 0 Å². The standard InChI is InChI=1S/C25H21N3O/c1-18-13-15-20(16-14-18)27-17-22-23(24(27)19-9-5-3-6-10-19)25(29)28(26(22)2)21-11-7-4-8-12-21/h3-17H,1-2H3. The van der Waals surface area contributed by atoms with E-state index in [9.17, 15) is 4.79 Å². The Labute approximate surface area is 168 Å². The summed E-state index contributed by atoms with van der Waals surface area (Å²) >= 11 is 0. The van der Waals surface area contributed by atoms with Crippen molar-refractivity contribution in [3.8, 4) is 22.6 Å². The van der Waals surface area contributed by atoms with Crippen LogP contribution in [0.5, 0.6) is 0 Å². The minimum absolute atomic E-state index is 0.0154. The fourth-order valence-corrected chi connectivity index (χ4v) is 3.95. The zero-order valence-electron chi connectivity index (χ0n) is 16.4. The average molecular weight is 379 g/mol. The molecule has 0 spiro atoms. The summed E-state index contributed by atoms with van der Waals surface area (Å²) in [5, 5.41) is 0.725. The van der Waals surface area contributed by atoms with Crippen LogP contribution in [0.25, 0.3) is 33.5 Å². The third-order valence-corrected chi connectivity index (χ3v) is 5.40. The van der Waals surface area contributed by atoms with E-state index in [0.717, 1.165) is 33.5 Å². The van der Waals surface area contributed by atoms with Crippen LogP contribution in [0.3, 0.4) is 0 Å². The number of aromatic nitrogens is 3. The first-order valence-corrected chi connectivity index (χ1v) is 9.66. The van der Waals surface area contributed by atoms with Crippen molar-refractivity contribution in [2.24, 2.45) is 7.05 Å². The lowest BCUT2D eigenvalue weighted by molar-refractivity contribution is 0.664. The number of hydrogen-bond acceptors (Lipinski definition) is 1. The molecule has 142 valence electrons. The van der Waals surface area contributed by atoms with Gasteiger partial charge in [-0.05, 0) is 36.8 Å². The molecule has 3 aromatic carbocycles. The van der Waals surface area contributed by atoms with Crippen molar-refractivity contribution in [2.45, 2.75) is 6.92 Å². The van der Waals surface area contributed by atoms with E-state index in [0.29, 0.717) is 0 Å². The zero-order chi connectivity index (χ0) is 20.0. The van der Waals surface area contributed by atoms with Gasteiger partial charge in [0.1, 0.15) is 0 Å². The fraction of sp³-hybridized carbons (Fsp3) is 0.0800. The van der Waals surface area contributed by atoms with E-state index in [1.165, 1.54) is 5.56 Å². The van der Waals surface area contributed by atoms with Gasteiger partial charge in [0.05, 0.1) is 22.3 Å². The van der Waals surface area contributed by atoms with Gasteiger partial charge in [-0.1, -0.05) is 66.2 Å². The van der Waals surface area contributed by atoms with Crippen molar-refractivity contribution in [2.75, 3.05) is 0 Å². The molecule has 5 rings (SSSR count). The molecule has 0 amide bonds. The number of benzene rings is 3. The molecule has 2 aromatic heterocycles. The molecule has 4 nitrogen and oxygen atoms in total. The average Bonchev–Trinajstić information content (AvgIpc) is 3.26. The molecular weight excluding hydrogens is 358 g/mol. The van der Waals surface area contributed by atoms with E-state index < -0.39 is 0 Å². The lowest BCUT2D eigenvalue weighted by Crippen LogP contribution is -2.20. The summed E-state index contributed by atoms with van der Waals surface area (Å²) in [5.41, 5.74) is 5.92. The predicted molar refractivity (Wildman–Crippen MR) is 118 cm³/mol. The molecule has 0 aliphatic carbocycles. The van der Waals surface area contributed by atoms with Crippen LogP contribution >= 0.6 is 0 Å². The molecule has 2 heterocycles. The van der Waals surface area contributed by atoms with E-state index in [2.05, 4.69) is 54.1 Å². The van der Waals surface area contributed by atoms with Gasteiger partial charge in [0.25, 0.3) is 5.56 Å². The second-order valence-electron chi connectivity index (χ2n) is 7.29. The van der Waals surface area contributed by atoms with E-state index in [4.69, 9.17) is 0 Å². The van der Waals surface area contributed by atoms with E-state index in [1.54, 1.807) is 4.68 Å². The van der Waals surface area contributed by atoms with Gasteiger partial charge in [-0.3, -0.25) is 9.48 Å². The highest BCUT2D eigenvalue weighted by Gasteiger charge is 2.22. The van der Waals surface area contributed by atoms with Crippen LogP contribution in [0.1, 0.15) is 5.56 Å². The lowest BCUT2D eigenvalue weighted by atomic mass is 10.1. The zero-order valence-corrected chi connectivity index (χ0v) is 16.4. The first-order chi connectivity index (χ1) is 14.1. The summed E-state index contributed by atoms with van der Waals surface area (Å²) in [6, 6.07) is 28.3. The topological polar surface area (TPSA) is 31.9 Å². The molecule has 29 heavy (non-hydrogen) atoms. The summed E-state index contributed by atoms with van der Waals surface area (Å²) in [5.74, 6) is 0. The fourth-order valence-electron chi connectivity index (χ4n) is 3.95. The van der Waals surface area contributed by atoms with Gasteiger partial charge < -0.3 is 4.57 Å². The smallest absolute Gasteiger partial charge is 0.281 e. The molecule has 5 aromatic rings.